The van der Waals surface area contributed by atoms with Crippen LogP contribution >= 0.6 is 11.6 Å². The smallest absolute Gasteiger partial charge is 0.303 e. The lowest BCUT2D eigenvalue weighted by atomic mass is 10.0. The Morgan fingerprint density at radius 3 is 2.39 bits per heavy atom. The Kier molecular flexibility index (Phi) is 11.7. The molecule has 0 aliphatic carbocycles. The minimum atomic E-state index is -0.792. The molecule has 1 atom stereocenters. The topological polar surface area (TPSA) is 65.0 Å². The molecule has 0 aliphatic rings. The molecule has 0 saturated heterocycles. The highest BCUT2D eigenvalue weighted by Crippen LogP contribution is 2.27. The average Bonchev–Trinajstić information content (AvgIpc) is 2.85. The molecular weight excluding hydrogens is 476 g/mol. The zero-order valence-electron chi connectivity index (χ0n) is 21.0. The Hall–Kier alpha value is -3.62. The monoisotopic (exact) mass is 508 g/mol. The van der Waals surface area contributed by atoms with Gasteiger partial charge in [-0.25, -0.2) is 0 Å². The Balaban J connectivity index is 0.00000222. The molecule has 0 radical (unpaired) electrons. The molecule has 0 spiro atoms. The maximum absolute atomic E-state index is 10.8. The molecule has 1 N–H and O–H groups in total. The quantitative estimate of drug-likeness (QED) is 0.266. The third kappa shape index (κ3) is 9.20. The van der Waals surface area contributed by atoms with E-state index in [9.17, 15) is 4.79 Å². The predicted octanol–water partition coefficient (Wildman–Crippen LogP) is 7.04. The van der Waals surface area contributed by atoms with E-state index in [1.165, 1.54) is 0 Å². The van der Waals surface area contributed by atoms with Crippen LogP contribution in [0.25, 0.3) is 0 Å². The second-order valence-electron chi connectivity index (χ2n) is 8.35. The highest BCUT2D eigenvalue weighted by Gasteiger charge is 2.12. The van der Waals surface area contributed by atoms with Crippen LogP contribution in [0.1, 0.15) is 42.0 Å². The first-order valence-electron chi connectivity index (χ1n) is 11.7. The number of carboxylic acid groups (broad SMARTS) is 1. The molecule has 3 rings (SSSR count). The zero-order valence-corrected chi connectivity index (χ0v) is 21.8. The molecule has 3 aromatic carbocycles. The summed E-state index contributed by atoms with van der Waals surface area (Å²) in [6.45, 7) is 6.84. The Bertz CT molecular complexity index is 1160. The molecule has 5 nitrogen and oxygen atoms in total. The van der Waals surface area contributed by atoms with Gasteiger partial charge in [0.15, 0.2) is 0 Å². The summed E-state index contributed by atoms with van der Waals surface area (Å²) >= 11 is 6.22. The number of carboxylic acids is 1. The van der Waals surface area contributed by atoms with Crippen molar-refractivity contribution in [2.45, 2.75) is 52.7 Å². The number of aryl methyl sites for hydroxylation is 3. The first-order valence-corrected chi connectivity index (χ1v) is 12.1. The van der Waals surface area contributed by atoms with Gasteiger partial charge in [0.1, 0.15) is 23.9 Å². The summed E-state index contributed by atoms with van der Waals surface area (Å²) in [6, 6.07) is 19.2. The van der Waals surface area contributed by atoms with E-state index in [0.717, 1.165) is 39.5 Å². The summed E-state index contributed by atoms with van der Waals surface area (Å²) in [5.74, 6) is 1.55. The number of halogens is 1. The molecule has 36 heavy (non-hydrogen) atoms. The van der Waals surface area contributed by atoms with Gasteiger partial charge < -0.3 is 19.3 Å². The highest BCUT2D eigenvalue weighted by molar-refractivity contribution is 6.30. The number of terminal acetylenes is 1. The van der Waals surface area contributed by atoms with Crippen molar-refractivity contribution < 1.29 is 24.1 Å². The van der Waals surface area contributed by atoms with Gasteiger partial charge in [-0.1, -0.05) is 35.9 Å². The van der Waals surface area contributed by atoms with Gasteiger partial charge in [0.2, 0.25) is 0 Å². The van der Waals surface area contributed by atoms with E-state index in [-0.39, 0.29) is 12.5 Å². The van der Waals surface area contributed by atoms with Crippen LogP contribution in [0.3, 0.4) is 0 Å². The minimum Gasteiger partial charge on any atom is -0.493 e. The molecular formula is C30H33ClO5. The van der Waals surface area contributed by atoms with Gasteiger partial charge in [-0.2, -0.15) is 0 Å². The first-order chi connectivity index (χ1) is 17.3. The number of rotatable bonds is 12. The molecule has 0 saturated carbocycles. The normalized spacial score (nSPS) is 11.1. The van der Waals surface area contributed by atoms with Gasteiger partial charge in [-0.3, -0.25) is 4.79 Å². The number of benzene rings is 3. The Labute approximate surface area is 219 Å². The summed E-state index contributed by atoms with van der Waals surface area (Å²) < 4.78 is 18.1. The fourth-order valence-electron chi connectivity index (χ4n) is 3.55. The third-order valence-corrected chi connectivity index (χ3v) is 5.78. The standard InChI is InChI=1S/C28H31ClO5.C2H2/c1-19-6-4-5-7-26(19)33-18-23-17-24(29)10-12-27(23)34-21(3)14-15-32-25-11-8-22(20(2)16-25)9-13-28(30)31;1-2/h4-8,10-12,16-17,21H,9,13-15,18H2,1-3H3,(H,30,31);1-2H. The first kappa shape index (κ1) is 28.6. The molecule has 0 amide bonds. The van der Waals surface area contributed by atoms with E-state index >= 15 is 0 Å². The number of ether oxygens (including phenoxy) is 3. The Morgan fingerprint density at radius 1 is 0.944 bits per heavy atom. The number of para-hydroxylation sites is 1. The van der Waals surface area contributed by atoms with E-state index in [1.807, 2.05) is 81.4 Å². The number of hydrogen-bond acceptors (Lipinski definition) is 4. The van der Waals surface area contributed by atoms with Crippen molar-refractivity contribution >= 4 is 17.6 Å². The molecule has 0 aromatic heterocycles. The average molecular weight is 509 g/mol. The zero-order chi connectivity index (χ0) is 26.5. The SMILES string of the molecule is C#C.Cc1cc(OCCC(C)Oc2ccc(Cl)cc2COc2ccccc2C)ccc1CCC(=O)O. The van der Waals surface area contributed by atoms with Crippen molar-refractivity contribution in [1.82, 2.24) is 0 Å². The molecule has 3 aromatic rings. The maximum atomic E-state index is 10.8. The van der Waals surface area contributed by atoms with Crippen LogP contribution in [0, 0.1) is 26.7 Å². The van der Waals surface area contributed by atoms with E-state index in [4.69, 9.17) is 30.9 Å². The fraction of sp³-hybridized carbons (Fsp3) is 0.300. The predicted molar refractivity (Wildman–Crippen MR) is 144 cm³/mol. The second kappa shape index (κ2) is 14.7. The molecule has 0 aliphatic heterocycles. The number of hydrogen-bond donors (Lipinski definition) is 1. The number of carbonyl (C=O) groups is 1. The van der Waals surface area contributed by atoms with Crippen LogP contribution in [-0.2, 0) is 17.8 Å². The third-order valence-electron chi connectivity index (χ3n) is 5.54. The Morgan fingerprint density at radius 2 is 1.69 bits per heavy atom. The van der Waals surface area contributed by atoms with E-state index in [1.54, 1.807) is 0 Å². The van der Waals surface area contributed by atoms with Crippen LogP contribution in [-0.4, -0.2) is 23.8 Å². The largest absolute Gasteiger partial charge is 0.493 e. The summed E-state index contributed by atoms with van der Waals surface area (Å²) in [6.07, 6.45) is 9.26. The van der Waals surface area contributed by atoms with Crippen molar-refractivity contribution in [2.75, 3.05) is 6.61 Å². The van der Waals surface area contributed by atoms with E-state index < -0.39 is 5.97 Å². The second-order valence-corrected chi connectivity index (χ2v) is 8.79. The highest BCUT2D eigenvalue weighted by atomic mass is 35.5. The van der Waals surface area contributed by atoms with E-state index in [2.05, 4.69) is 12.8 Å². The van der Waals surface area contributed by atoms with Gasteiger partial charge in [-0.15, -0.1) is 12.8 Å². The van der Waals surface area contributed by atoms with Crippen molar-refractivity contribution in [3.05, 3.63) is 87.9 Å². The van der Waals surface area contributed by atoms with Crippen molar-refractivity contribution in [1.29, 1.82) is 0 Å². The van der Waals surface area contributed by atoms with E-state index in [0.29, 0.717) is 31.1 Å². The summed E-state index contributed by atoms with van der Waals surface area (Å²) in [7, 11) is 0. The molecule has 1 unspecified atom stereocenters. The van der Waals surface area contributed by atoms with Gasteiger partial charge in [0.05, 0.1) is 12.7 Å². The lowest BCUT2D eigenvalue weighted by Crippen LogP contribution is -2.17. The fourth-order valence-corrected chi connectivity index (χ4v) is 3.74. The van der Waals surface area contributed by atoms with Crippen LogP contribution in [0.5, 0.6) is 17.2 Å². The molecule has 0 fully saturated rings. The lowest BCUT2D eigenvalue weighted by molar-refractivity contribution is -0.136. The van der Waals surface area contributed by atoms with Gasteiger partial charge in [-0.05, 0) is 80.3 Å². The minimum absolute atomic E-state index is 0.0747. The van der Waals surface area contributed by atoms with Crippen LogP contribution in [0.4, 0.5) is 0 Å². The number of aliphatic carboxylic acids is 1. The lowest BCUT2D eigenvalue weighted by Gasteiger charge is -2.19. The van der Waals surface area contributed by atoms with Gasteiger partial charge in [0, 0.05) is 23.4 Å². The van der Waals surface area contributed by atoms with Crippen molar-refractivity contribution in [3.8, 4) is 30.1 Å². The van der Waals surface area contributed by atoms with Gasteiger partial charge >= 0.3 is 5.97 Å². The summed E-state index contributed by atoms with van der Waals surface area (Å²) in [5, 5.41) is 9.50. The van der Waals surface area contributed by atoms with Gasteiger partial charge in [0.25, 0.3) is 0 Å². The van der Waals surface area contributed by atoms with Crippen molar-refractivity contribution in [3.63, 3.8) is 0 Å². The molecule has 0 bridgehead atoms. The van der Waals surface area contributed by atoms with Crippen LogP contribution in [0.2, 0.25) is 5.02 Å². The summed E-state index contributed by atoms with van der Waals surface area (Å²) in [5.41, 5.74) is 4.01. The van der Waals surface area contributed by atoms with Crippen molar-refractivity contribution in [2.24, 2.45) is 0 Å². The maximum Gasteiger partial charge on any atom is 0.303 e. The van der Waals surface area contributed by atoms with Crippen LogP contribution in [0.15, 0.2) is 60.7 Å². The molecule has 0 heterocycles. The summed E-state index contributed by atoms with van der Waals surface area (Å²) in [4.78, 5) is 10.8. The van der Waals surface area contributed by atoms with Crippen LogP contribution < -0.4 is 14.2 Å². The molecule has 6 heteroatoms. The molecule has 190 valence electrons.